The van der Waals surface area contributed by atoms with E-state index in [2.05, 4.69) is 4.90 Å². The SMILES string of the molecule is C[C@@H]1CN([C@@H](C)C(=O)N2N=C(c3ccc(Cl)cc3)C[C@H]2c2ccco2)C[C@H](C)O1. The number of morpholine rings is 1. The van der Waals surface area contributed by atoms with Gasteiger partial charge in [0.25, 0.3) is 5.91 Å². The first-order chi connectivity index (χ1) is 13.9. The van der Waals surface area contributed by atoms with Crippen LogP contribution in [0.5, 0.6) is 0 Å². The Morgan fingerprint density at radius 1 is 1.17 bits per heavy atom. The van der Waals surface area contributed by atoms with Crippen LogP contribution in [0, 0.1) is 0 Å². The topological polar surface area (TPSA) is 58.3 Å². The summed E-state index contributed by atoms with van der Waals surface area (Å²) in [5.74, 6) is 0.707. The van der Waals surface area contributed by atoms with Crippen molar-refractivity contribution < 1.29 is 13.9 Å². The van der Waals surface area contributed by atoms with E-state index in [0.717, 1.165) is 30.1 Å². The second kappa shape index (κ2) is 8.30. The van der Waals surface area contributed by atoms with Crippen molar-refractivity contribution in [3.8, 4) is 0 Å². The number of carbonyl (C=O) groups is 1. The van der Waals surface area contributed by atoms with Crippen LogP contribution < -0.4 is 0 Å². The minimum atomic E-state index is -0.297. The van der Waals surface area contributed by atoms with Crippen LogP contribution in [0.1, 0.15) is 44.6 Å². The predicted octanol–water partition coefficient (Wildman–Crippen LogP) is 4.11. The van der Waals surface area contributed by atoms with Gasteiger partial charge in [0, 0.05) is 24.5 Å². The zero-order valence-electron chi connectivity index (χ0n) is 16.9. The summed E-state index contributed by atoms with van der Waals surface area (Å²) < 4.78 is 11.5. The van der Waals surface area contributed by atoms with E-state index in [1.54, 1.807) is 11.3 Å². The average molecular weight is 416 g/mol. The molecule has 0 saturated carbocycles. The molecule has 0 radical (unpaired) electrons. The summed E-state index contributed by atoms with van der Waals surface area (Å²) in [6.07, 6.45) is 2.43. The second-order valence-corrected chi connectivity index (χ2v) is 8.30. The Morgan fingerprint density at radius 2 is 1.86 bits per heavy atom. The largest absolute Gasteiger partial charge is 0.467 e. The van der Waals surface area contributed by atoms with Gasteiger partial charge < -0.3 is 9.15 Å². The van der Waals surface area contributed by atoms with Gasteiger partial charge in [-0.15, -0.1) is 0 Å². The number of furan rings is 1. The maximum atomic E-state index is 13.5. The lowest BCUT2D eigenvalue weighted by Crippen LogP contribution is -2.54. The molecule has 2 aromatic rings. The summed E-state index contributed by atoms with van der Waals surface area (Å²) in [4.78, 5) is 15.6. The molecule has 4 atom stereocenters. The number of rotatable bonds is 4. The number of halogens is 1. The summed E-state index contributed by atoms with van der Waals surface area (Å²) >= 11 is 6.02. The number of benzene rings is 1. The molecule has 2 aliphatic rings. The molecule has 2 aliphatic heterocycles. The highest BCUT2D eigenvalue weighted by atomic mass is 35.5. The lowest BCUT2D eigenvalue weighted by atomic mass is 10.0. The van der Waals surface area contributed by atoms with Crippen molar-refractivity contribution in [3.05, 3.63) is 59.0 Å². The van der Waals surface area contributed by atoms with E-state index in [-0.39, 0.29) is 30.2 Å². The minimum absolute atomic E-state index is 0.0309. The Bertz CT molecular complexity index is 871. The molecular formula is C22H26ClN3O3. The molecule has 1 amide bonds. The summed E-state index contributed by atoms with van der Waals surface area (Å²) in [7, 11) is 0. The molecule has 0 bridgehead atoms. The third kappa shape index (κ3) is 4.25. The fourth-order valence-electron chi connectivity index (χ4n) is 4.11. The highest BCUT2D eigenvalue weighted by molar-refractivity contribution is 6.30. The van der Waals surface area contributed by atoms with Crippen LogP contribution in [-0.4, -0.2) is 52.9 Å². The third-order valence-corrected chi connectivity index (χ3v) is 5.79. The van der Waals surface area contributed by atoms with Crippen molar-refractivity contribution in [1.29, 1.82) is 0 Å². The number of hydrazone groups is 1. The first-order valence-electron chi connectivity index (χ1n) is 10.0. The van der Waals surface area contributed by atoms with E-state index in [1.807, 2.05) is 57.2 Å². The highest BCUT2D eigenvalue weighted by Crippen LogP contribution is 2.34. The van der Waals surface area contributed by atoms with Crippen molar-refractivity contribution in [3.63, 3.8) is 0 Å². The van der Waals surface area contributed by atoms with Crippen LogP contribution >= 0.6 is 11.6 Å². The summed E-state index contributed by atoms with van der Waals surface area (Å²) in [6.45, 7) is 7.48. The monoisotopic (exact) mass is 415 g/mol. The second-order valence-electron chi connectivity index (χ2n) is 7.86. The zero-order valence-corrected chi connectivity index (χ0v) is 17.7. The van der Waals surface area contributed by atoms with E-state index in [0.29, 0.717) is 11.4 Å². The van der Waals surface area contributed by atoms with Crippen LogP contribution in [0.15, 0.2) is 52.2 Å². The van der Waals surface area contributed by atoms with Crippen LogP contribution in [0.25, 0.3) is 0 Å². The predicted molar refractivity (Wildman–Crippen MR) is 112 cm³/mol. The average Bonchev–Trinajstić information content (AvgIpc) is 3.36. The van der Waals surface area contributed by atoms with Crippen molar-refractivity contribution >= 4 is 23.2 Å². The molecular weight excluding hydrogens is 390 g/mol. The Hall–Kier alpha value is -2.15. The Morgan fingerprint density at radius 3 is 2.48 bits per heavy atom. The Labute approximate surface area is 176 Å². The molecule has 1 aromatic heterocycles. The molecule has 0 aliphatic carbocycles. The van der Waals surface area contributed by atoms with Crippen molar-refractivity contribution in [2.45, 2.75) is 51.5 Å². The van der Waals surface area contributed by atoms with E-state index >= 15 is 0 Å². The smallest absolute Gasteiger partial charge is 0.260 e. The lowest BCUT2D eigenvalue weighted by molar-refractivity contribution is -0.144. The van der Waals surface area contributed by atoms with Gasteiger partial charge in [-0.25, -0.2) is 5.01 Å². The van der Waals surface area contributed by atoms with E-state index < -0.39 is 0 Å². The summed E-state index contributed by atoms with van der Waals surface area (Å²) in [5.41, 5.74) is 1.81. The van der Waals surface area contributed by atoms with Crippen LogP contribution in [0.3, 0.4) is 0 Å². The summed E-state index contributed by atoms with van der Waals surface area (Å²) in [5, 5.41) is 6.99. The van der Waals surface area contributed by atoms with Crippen LogP contribution in [0.2, 0.25) is 5.02 Å². The van der Waals surface area contributed by atoms with Gasteiger partial charge in [-0.2, -0.15) is 5.10 Å². The van der Waals surface area contributed by atoms with Crippen LogP contribution in [0.4, 0.5) is 0 Å². The van der Waals surface area contributed by atoms with Gasteiger partial charge in [-0.05, 0) is 50.6 Å². The van der Waals surface area contributed by atoms with Gasteiger partial charge in [0.2, 0.25) is 0 Å². The molecule has 1 aromatic carbocycles. The molecule has 154 valence electrons. The molecule has 1 fully saturated rings. The summed E-state index contributed by atoms with van der Waals surface area (Å²) in [6, 6.07) is 10.7. The van der Waals surface area contributed by atoms with Crippen molar-refractivity contribution in [2.24, 2.45) is 5.10 Å². The third-order valence-electron chi connectivity index (χ3n) is 5.54. The molecule has 6 nitrogen and oxygen atoms in total. The fourth-order valence-corrected chi connectivity index (χ4v) is 4.24. The number of ether oxygens (including phenoxy) is 1. The van der Waals surface area contributed by atoms with Crippen molar-refractivity contribution in [1.82, 2.24) is 9.91 Å². The highest BCUT2D eigenvalue weighted by Gasteiger charge is 2.39. The van der Waals surface area contributed by atoms with Gasteiger partial charge in [0.15, 0.2) is 0 Å². The lowest BCUT2D eigenvalue weighted by Gasteiger charge is -2.39. The van der Waals surface area contributed by atoms with Gasteiger partial charge >= 0.3 is 0 Å². The van der Waals surface area contributed by atoms with Gasteiger partial charge in [0.1, 0.15) is 11.8 Å². The molecule has 1 saturated heterocycles. The quantitative estimate of drug-likeness (QED) is 0.754. The fraction of sp³-hybridized carbons (Fsp3) is 0.455. The molecule has 0 spiro atoms. The Balaban J connectivity index is 1.60. The Kier molecular flexibility index (Phi) is 5.76. The van der Waals surface area contributed by atoms with E-state index in [1.165, 1.54) is 0 Å². The normalized spacial score (nSPS) is 26.4. The zero-order chi connectivity index (χ0) is 20.5. The molecule has 3 heterocycles. The standard InChI is InChI=1S/C22H26ClN3O3/c1-14-12-25(13-15(2)29-14)16(3)22(27)26-20(21-5-4-10-28-21)11-19(24-26)17-6-8-18(23)9-7-17/h4-10,14-16,20H,11-13H2,1-3H3/t14-,15+,16-,20-/m0/s1. The number of amides is 1. The molecule has 0 unspecified atom stereocenters. The minimum Gasteiger partial charge on any atom is -0.467 e. The van der Waals surface area contributed by atoms with Crippen molar-refractivity contribution in [2.75, 3.05) is 13.1 Å². The number of carbonyl (C=O) groups excluding carboxylic acids is 1. The maximum absolute atomic E-state index is 13.5. The number of nitrogens with zero attached hydrogens (tertiary/aromatic N) is 3. The molecule has 7 heteroatoms. The molecule has 0 N–H and O–H groups in total. The maximum Gasteiger partial charge on any atom is 0.260 e. The van der Waals surface area contributed by atoms with Crippen LogP contribution in [-0.2, 0) is 9.53 Å². The van der Waals surface area contributed by atoms with Gasteiger partial charge in [0.05, 0.1) is 30.2 Å². The van der Waals surface area contributed by atoms with E-state index in [9.17, 15) is 4.79 Å². The first-order valence-corrected chi connectivity index (χ1v) is 10.4. The number of hydrogen-bond acceptors (Lipinski definition) is 5. The van der Waals surface area contributed by atoms with Gasteiger partial charge in [-0.3, -0.25) is 9.69 Å². The molecule has 4 rings (SSSR count). The van der Waals surface area contributed by atoms with Gasteiger partial charge in [-0.1, -0.05) is 23.7 Å². The number of hydrogen-bond donors (Lipinski definition) is 0. The van der Waals surface area contributed by atoms with E-state index in [4.69, 9.17) is 25.9 Å². The first kappa shape index (κ1) is 20.1. The molecule has 29 heavy (non-hydrogen) atoms.